The first-order chi connectivity index (χ1) is 11.1. The van der Waals surface area contributed by atoms with Gasteiger partial charge in [0.1, 0.15) is 5.03 Å². The molecule has 1 aromatic carbocycles. The SMILES string of the molecule is Cc1ccc(C(=O)N2CCN[C@H](C)C2)c(Sc2ccccc2)n1. The molecular formula is C18H21N3OS. The molecule has 0 radical (unpaired) electrons. The van der Waals surface area contributed by atoms with Crippen molar-refractivity contribution in [3.05, 3.63) is 53.7 Å². The summed E-state index contributed by atoms with van der Waals surface area (Å²) in [6.07, 6.45) is 0. The first-order valence-electron chi connectivity index (χ1n) is 7.86. The van der Waals surface area contributed by atoms with E-state index >= 15 is 0 Å². The number of amides is 1. The molecule has 1 aliphatic rings. The number of hydrogen-bond acceptors (Lipinski definition) is 4. The maximum atomic E-state index is 12.9. The molecule has 1 fully saturated rings. The molecule has 0 spiro atoms. The number of hydrogen-bond donors (Lipinski definition) is 1. The highest BCUT2D eigenvalue weighted by Crippen LogP contribution is 2.29. The fourth-order valence-corrected chi connectivity index (χ4v) is 3.63. The Morgan fingerprint density at radius 3 is 2.78 bits per heavy atom. The van der Waals surface area contributed by atoms with Gasteiger partial charge in [-0.15, -0.1) is 0 Å². The lowest BCUT2D eigenvalue weighted by atomic mass is 10.2. The van der Waals surface area contributed by atoms with Crippen molar-refractivity contribution in [3.8, 4) is 0 Å². The number of rotatable bonds is 3. The predicted molar refractivity (Wildman–Crippen MR) is 92.9 cm³/mol. The van der Waals surface area contributed by atoms with Crippen molar-refractivity contribution < 1.29 is 4.79 Å². The number of carbonyl (C=O) groups is 1. The number of nitrogens with one attached hydrogen (secondary N) is 1. The van der Waals surface area contributed by atoms with Crippen LogP contribution in [0.25, 0.3) is 0 Å². The molecule has 1 aromatic heterocycles. The fourth-order valence-electron chi connectivity index (χ4n) is 2.66. The van der Waals surface area contributed by atoms with Gasteiger partial charge in [0.15, 0.2) is 0 Å². The van der Waals surface area contributed by atoms with E-state index in [1.807, 2.05) is 54.3 Å². The van der Waals surface area contributed by atoms with Crippen molar-refractivity contribution in [2.24, 2.45) is 0 Å². The molecule has 1 amide bonds. The van der Waals surface area contributed by atoms with Gasteiger partial charge in [0.05, 0.1) is 5.56 Å². The Morgan fingerprint density at radius 2 is 2.04 bits per heavy atom. The van der Waals surface area contributed by atoms with Gasteiger partial charge >= 0.3 is 0 Å². The third kappa shape index (κ3) is 3.92. The minimum Gasteiger partial charge on any atom is -0.336 e. The predicted octanol–water partition coefficient (Wildman–Crippen LogP) is 2.98. The van der Waals surface area contributed by atoms with E-state index in [9.17, 15) is 4.79 Å². The first-order valence-corrected chi connectivity index (χ1v) is 8.68. The lowest BCUT2D eigenvalue weighted by molar-refractivity contribution is 0.0704. The van der Waals surface area contributed by atoms with Gasteiger partial charge in [0.2, 0.25) is 0 Å². The Balaban J connectivity index is 1.88. The molecule has 0 aliphatic carbocycles. The molecule has 0 bridgehead atoms. The first kappa shape index (κ1) is 16.0. The second-order valence-corrected chi connectivity index (χ2v) is 6.89. The van der Waals surface area contributed by atoms with Crippen LogP contribution in [0.5, 0.6) is 0 Å². The van der Waals surface area contributed by atoms with E-state index in [0.717, 1.165) is 35.2 Å². The van der Waals surface area contributed by atoms with Crippen molar-refractivity contribution in [2.45, 2.75) is 29.8 Å². The maximum Gasteiger partial charge on any atom is 0.256 e. The molecule has 5 heteroatoms. The average Bonchev–Trinajstić information content (AvgIpc) is 2.55. The van der Waals surface area contributed by atoms with E-state index in [4.69, 9.17) is 0 Å². The van der Waals surface area contributed by atoms with Crippen LogP contribution in [0.4, 0.5) is 0 Å². The maximum absolute atomic E-state index is 12.9. The molecule has 120 valence electrons. The van der Waals surface area contributed by atoms with Gasteiger partial charge in [-0.2, -0.15) is 0 Å². The minimum absolute atomic E-state index is 0.0734. The van der Waals surface area contributed by atoms with E-state index in [2.05, 4.69) is 17.2 Å². The van der Waals surface area contributed by atoms with Gasteiger partial charge in [-0.05, 0) is 38.1 Å². The zero-order valence-corrected chi connectivity index (χ0v) is 14.3. The number of aryl methyl sites for hydroxylation is 1. The Kier molecular flexibility index (Phi) is 4.98. The third-order valence-electron chi connectivity index (χ3n) is 3.84. The molecule has 4 nitrogen and oxygen atoms in total. The average molecular weight is 327 g/mol. The second kappa shape index (κ2) is 7.15. The summed E-state index contributed by atoms with van der Waals surface area (Å²) in [6, 6.07) is 14.2. The molecule has 0 saturated carbocycles. The smallest absolute Gasteiger partial charge is 0.256 e. The molecule has 1 N–H and O–H groups in total. The van der Waals surface area contributed by atoms with E-state index in [1.54, 1.807) is 11.8 Å². The molecule has 1 aliphatic heterocycles. The van der Waals surface area contributed by atoms with E-state index in [0.29, 0.717) is 11.6 Å². The number of aromatic nitrogens is 1. The van der Waals surface area contributed by atoms with Gasteiger partial charge < -0.3 is 10.2 Å². The van der Waals surface area contributed by atoms with Crippen LogP contribution in [0.2, 0.25) is 0 Å². The summed E-state index contributed by atoms with van der Waals surface area (Å²) in [5.41, 5.74) is 1.62. The van der Waals surface area contributed by atoms with Gasteiger partial charge in [0, 0.05) is 36.3 Å². The van der Waals surface area contributed by atoms with Crippen LogP contribution in [0.15, 0.2) is 52.4 Å². The summed E-state index contributed by atoms with van der Waals surface area (Å²) in [6.45, 7) is 6.38. The lowest BCUT2D eigenvalue weighted by Crippen LogP contribution is -2.51. The van der Waals surface area contributed by atoms with Crippen LogP contribution < -0.4 is 5.32 Å². The number of piperazine rings is 1. The van der Waals surface area contributed by atoms with Crippen LogP contribution >= 0.6 is 11.8 Å². The summed E-state index contributed by atoms with van der Waals surface area (Å²) in [5.74, 6) is 0.0734. The fraction of sp³-hybridized carbons (Fsp3) is 0.333. The van der Waals surface area contributed by atoms with Crippen molar-refractivity contribution >= 4 is 17.7 Å². The number of pyridine rings is 1. The quantitative estimate of drug-likeness (QED) is 0.941. The monoisotopic (exact) mass is 327 g/mol. The number of benzene rings is 1. The van der Waals surface area contributed by atoms with Crippen molar-refractivity contribution in [2.75, 3.05) is 19.6 Å². The highest BCUT2D eigenvalue weighted by molar-refractivity contribution is 7.99. The van der Waals surface area contributed by atoms with Gasteiger partial charge in [0.25, 0.3) is 5.91 Å². The largest absolute Gasteiger partial charge is 0.336 e. The Morgan fingerprint density at radius 1 is 1.26 bits per heavy atom. The Bertz CT molecular complexity index is 690. The van der Waals surface area contributed by atoms with E-state index in [1.165, 1.54) is 0 Å². The van der Waals surface area contributed by atoms with Crippen LogP contribution in [0, 0.1) is 6.92 Å². The number of carbonyl (C=O) groups excluding carboxylic acids is 1. The van der Waals surface area contributed by atoms with E-state index in [-0.39, 0.29) is 5.91 Å². The lowest BCUT2D eigenvalue weighted by Gasteiger charge is -2.32. The topological polar surface area (TPSA) is 45.2 Å². The highest BCUT2D eigenvalue weighted by atomic mass is 32.2. The standard InChI is InChI=1S/C18H21N3OS/c1-13-8-9-16(18(22)21-11-10-19-14(2)12-21)17(20-13)23-15-6-4-3-5-7-15/h3-9,14,19H,10-12H2,1-2H3/t14-/m1/s1. The van der Waals surface area contributed by atoms with Crippen molar-refractivity contribution in [1.82, 2.24) is 15.2 Å². The van der Waals surface area contributed by atoms with Crippen LogP contribution in [-0.2, 0) is 0 Å². The van der Waals surface area contributed by atoms with Gasteiger partial charge in [-0.3, -0.25) is 4.79 Å². The zero-order valence-electron chi connectivity index (χ0n) is 13.5. The third-order valence-corrected chi connectivity index (χ3v) is 4.86. The van der Waals surface area contributed by atoms with Crippen molar-refractivity contribution in [1.29, 1.82) is 0 Å². The van der Waals surface area contributed by atoms with Crippen LogP contribution in [0.1, 0.15) is 23.0 Å². The Labute approximate surface area is 141 Å². The molecule has 1 saturated heterocycles. The molecular weight excluding hydrogens is 306 g/mol. The molecule has 2 heterocycles. The minimum atomic E-state index is 0.0734. The number of nitrogens with zero attached hydrogens (tertiary/aromatic N) is 2. The van der Waals surface area contributed by atoms with E-state index < -0.39 is 0 Å². The molecule has 2 aromatic rings. The molecule has 23 heavy (non-hydrogen) atoms. The molecule has 0 unspecified atom stereocenters. The summed E-state index contributed by atoms with van der Waals surface area (Å²) in [5, 5.41) is 4.15. The zero-order chi connectivity index (χ0) is 16.2. The second-order valence-electron chi connectivity index (χ2n) is 5.83. The summed E-state index contributed by atoms with van der Waals surface area (Å²) in [7, 11) is 0. The summed E-state index contributed by atoms with van der Waals surface area (Å²) < 4.78 is 0. The van der Waals surface area contributed by atoms with Gasteiger partial charge in [-0.25, -0.2) is 4.98 Å². The Hall–Kier alpha value is -1.85. The summed E-state index contributed by atoms with van der Waals surface area (Å²) >= 11 is 1.55. The highest BCUT2D eigenvalue weighted by Gasteiger charge is 2.24. The van der Waals surface area contributed by atoms with Gasteiger partial charge in [-0.1, -0.05) is 30.0 Å². The normalized spacial score (nSPS) is 18.0. The van der Waals surface area contributed by atoms with Crippen LogP contribution in [0.3, 0.4) is 0 Å². The van der Waals surface area contributed by atoms with Crippen LogP contribution in [-0.4, -0.2) is 41.5 Å². The van der Waals surface area contributed by atoms with Crippen molar-refractivity contribution in [3.63, 3.8) is 0 Å². The summed E-state index contributed by atoms with van der Waals surface area (Å²) in [4.78, 5) is 20.5. The molecule has 3 rings (SSSR count). The molecule has 1 atom stereocenters.